The zero-order valence-corrected chi connectivity index (χ0v) is 23.8. The van der Waals surface area contributed by atoms with Gasteiger partial charge in [0.15, 0.2) is 11.3 Å². The van der Waals surface area contributed by atoms with Crippen molar-refractivity contribution in [3.8, 4) is 0 Å². The van der Waals surface area contributed by atoms with Crippen molar-refractivity contribution in [1.29, 1.82) is 0 Å². The lowest BCUT2D eigenvalue weighted by atomic mass is 10.0. The van der Waals surface area contributed by atoms with Gasteiger partial charge in [0.05, 0.1) is 24.5 Å². The van der Waals surface area contributed by atoms with E-state index < -0.39 is 29.2 Å². The van der Waals surface area contributed by atoms with Gasteiger partial charge in [0.25, 0.3) is 11.8 Å². The number of β-lactam (4-membered cyclic amide) rings is 1. The van der Waals surface area contributed by atoms with Gasteiger partial charge < -0.3 is 31.5 Å². The average molecular weight is 618 g/mol. The van der Waals surface area contributed by atoms with E-state index in [1.54, 1.807) is 16.9 Å². The van der Waals surface area contributed by atoms with E-state index in [1.165, 1.54) is 37.0 Å². The summed E-state index contributed by atoms with van der Waals surface area (Å²) in [6, 6.07) is 2.75. The number of carbonyl (C=O) groups is 3. The SMILES string of the molecule is CO/N=C(\C(=O)N[C@@H]1C(=O)N2C(C(=O)[O-])=C(C[n+]3ccn4nc(SCCN=CN)ccc43)CS[C@H]12)c1nsc(N)n1. The molecule has 0 aliphatic carbocycles. The van der Waals surface area contributed by atoms with E-state index in [9.17, 15) is 19.5 Å². The summed E-state index contributed by atoms with van der Waals surface area (Å²) >= 11 is 3.73. The number of thioether (sulfide) groups is 2. The van der Waals surface area contributed by atoms with E-state index >= 15 is 0 Å². The fourth-order valence-electron chi connectivity index (χ4n) is 4.27. The monoisotopic (exact) mass is 617 g/mol. The number of carbonyl (C=O) groups excluding carboxylic acids is 3. The minimum atomic E-state index is -1.48. The highest BCUT2D eigenvalue weighted by Gasteiger charge is 2.53. The number of aliphatic carboxylic acids is 1. The zero-order valence-electron chi connectivity index (χ0n) is 21.4. The van der Waals surface area contributed by atoms with Gasteiger partial charge in [-0.05, 0) is 6.07 Å². The first-order valence-corrected chi connectivity index (χ1v) is 14.7. The molecule has 2 amide bonds. The molecule has 19 heteroatoms. The van der Waals surface area contributed by atoms with Crippen molar-refractivity contribution >= 4 is 75.7 Å². The highest BCUT2D eigenvalue weighted by Crippen LogP contribution is 2.40. The van der Waals surface area contributed by atoms with E-state index in [1.807, 2.05) is 16.7 Å². The molecule has 1 saturated heterocycles. The minimum Gasteiger partial charge on any atom is -0.543 e. The number of imidazole rings is 1. The summed E-state index contributed by atoms with van der Waals surface area (Å²) < 4.78 is 7.48. The van der Waals surface area contributed by atoms with Gasteiger partial charge in [0.1, 0.15) is 36.3 Å². The van der Waals surface area contributed by atoms with Crippen LogP contribution in [0.5, 0.6) is 0 Å². The first-order chi connectivity index (χ1) is 19.8. The maximum Gasteiger partial charge on any atom is 0.307 e. The summed E-state index contributed by atoms with van der Waals surface area (Å²) in [4.78, 5) is 52.0. The molecule has 2 aliphatic heterocycles. The number of carboxylic acids is 1. The van der Waals surface area contributed by atoms with Gasteiger partial charge in [0.2, 0.25) is 11.5 Å². The highest BCUT2D eigenvalue weighted by atomic mass is 32.2. The van der Waals surface area contributed by atoms with Gasteiger partial charge >= 0.3 is 5.65 Å². The molecule has 0 saturated carbocycles. The summed E-state index contributed by atoms with van der Waals surface area (Å²) in [7, 11) is 1.25. The summed E-state index contributed by atoms with van der Waals surface area (Å²) in [5.41, 5.74) is 11.6. The third kappa shape index (κ3) is 5.68. The quantitative estimate of drug-likeness (QED) is 0.0389. The number of hydrogen-bond acceptors (Lipinski definition) is 14. The maximum absolute atomic E-state index is 13.1. The Morgan fingerprint density at radius 3 is 2.95 bits per heavy atom. The van der Waals surface area contributed by atoms with Gasteiger partial charge in [0, 0.05) is 34.7 Å². The van der Waals surface area contributed by atoms with Gasteiger partial charge in [-0.25, -0.2) is 4.57 Å². The molecule has 0 aromatic carbocycles. The molecule has 0 spiro atoms. The number of nitrogens with two attached hydrogens (primary N) is 2. The molecule has 5 heterocycles. The predicted molar refractivity (Wildman–Crippen MR) is 149 cm³/mol. The van der Waals surface area contributed by atoms with Crippen LogP contribution in [0.25, 0.3) is 5.65 Å². The molecule has 3 aromatic rings. The van der Waals surface area contributed by atoms with Crippen LogP contribution in [0.15, 0.2) is 51.0 Å². The van der Waals surface area contributed by atoms with E-state index in [-0.39, 0.29) is 28.9 Å². The summed E-state index contributed by atoms with van der Waals surface area (Å²) in [5.74, 6) is -1.88. The standard InChI is InChI=1S/C22H23N11O5S3/c1-38-29-14(17-27-22(24)41-30-17)18(34)26-15-19(35)33-16(21(36)37)11(9-40-20(15)33)8-31-5-6-32-13(31)3-2-12(28-32)39-7-4-25-10-23/h2-3,5-6,10,15,20H,4,7-9H2,1H3,(H5-,23,24,25,26,27,30,34,36,37)/b29-14-/t15-,20-/m1/s1. The minimum absolute atomic E-state index is 0.0536. The number of fused-ring (bicyclic) bond motifs is 2. The predicted octanol–water partition coefficient (Wildman–Crippen LogP) is -2.41. The molecule has 0 unspecified atom stereocenters. The Morgan fingerprint density at radius 2 is 2.24 bits per heavy atom. The summed E-state index contributed by atoms with van der Waals surface area (Å²) in [5, 5.41) is 23.3. The zero-order chi connectivity index (χ0) is 29.1. The number of nitrogen functional groups attached to an aromatic ring is 1. The fraction of sp³-hybridized carbons (Fsp3) is 0.318. The van der Waals surface area contributed by atoms with E-state index in [0.717, 1.165) is 32.9 Å². The Labute approximate surface area is 244 Å². The van der Waals surface area contributed by atoms with Crippen LogP contribution >= 0.6 is 35.1 Å². The smallest absolute Gasteiger partial charge is 0.307 e. The van der Waals surface area contributed by atoms with Crippen molar-refractivity contribution in [3.05, 3.63) is 41.6 Å². The van der Waals surface area contributed by atoms with Crippen LogP contribution in [0, 0.1) is 0 Å². The van der Waals surface area contributed by atoms with Gasteiger partial charge in [-0.2, -0.15) is 9.36 Å². The number of nitrogens with zero attached hydrogens (tertiary/aromatic N) is 8. The second-order valence-corrected chi connectivity index (χ2v) is 11.5. The number of carboxylic acid groups (broad SMARTS) is 1. The van der Waals surface area contributed by atoms with Crippen LogP contribution in [0.1, 0.15) is 5.82 Å². The van der Waals surface area contributed by atoms with Gasteiger partial charge in [-0.3, -0.25) is 19.5 Å². The normalized spacial score (nSPS) is 19.0. The Balaban J connectivity index is 1.32. The second-order valence-electron chi connectivity index (χ2n) is 8.48. The van der Waals surface area contributed by atoms with Crippen molar-refractivity contribution in [2.24, 2.45) is 15.9 Å². The molecular formula is C22H23N11O5S3. The molecule has 5 rings (SSSR count). The number of aliphatic imine (C=N–C) groups is 1. The number of rotatable bonds is 11. The number of hydrogen-bond donors (Lipinski definition) is 3. The van der Waals surface area contributed by atoms with Crippen LogP contribution < -0.4 is 26.5 Å². The Kier molecular flexibility index (Phi) is 8.36. The van der Waals surface area contributed by atoms with E-state index in [4.69, 9.17) is 16.3 Å². The van der Waals surface area contributed by atoms with E-state index in [0.29, 0.717) is 17.9 Å². The molecule has 41 heavy (non-hydrogen) atoms. The number of oxime groups is 1. The first kappa shape index (κ1) is 28.3. The van der Waals surface area contributed by atoms with Crippen LogP contribution in [0.4, 0.5) is 5.13 Å². The van der Waals surface area contributed by atoms with Gasteiger partial charge in [-0.15, -0.1) is 28.0 Å². The molecule has 0 radical (unpaired) electrons. The van der Waals surface area contributed by atoms with Crippen LogP contribution in [-0.2, 0) is 25.8 Å². The Hall–Kier alpha value is -4.23. The van der Waals surface area contributed by atoms with Crippen LogP contribution in [0.2, 0.25) is 0 Å². The lowest BCUT2D eigenvalue weighted by molar-refractivity contribution is -0.662. The summed E-state index contributed by atoms with van der Waals surface area (Å²) in [6.07, 6.45) is 4.81. The van der Waals surface area contributed by atoms with Gasteiger partial charge in [-0.1, -0.05) is 10.3 Å². The Bertz CT molecular complexity index is 1600. The molecule has 3 aromatic heterocycles. The third-order valence-electron chi connectivity index (χ3n) is 6.01. The number of aromatic nitrogens is 5. The molecule has 214 valence electrons. The molecule has 2 atom stereocenters. The first-order valence-electron chi connectivity index (χ1n) is 11.9. The maximum atomic E-state index is 13.1. The molecule has 1 fully saturated rings. The van der Waals surface area contributed by atoms with Crippen molar-refractivity contribution < 1.29 is 28.9 Å². The number of amides is 2. The van der Waals surface area contributed by atoms with Crippen molar-refractivity contribution in [1.82, 2.24) is 29.2 Å². The topological polar surface area (TPSA) is 222 Å². The van der Waals surface area contributed by atoms with Crippen molar-refractivity contribution in [2.45, 2.75) is 23.0 Å². The van der Waals surface area contributed by atoms with Crippen LogP contribution in [-0.4, -0.2) is 90.3 Å². The number of anilines is 1. The third-order valence-corrected chi connectivity index (χ3v) is 8.80. The highest BCUT2D eigenvalue weighted by molar-refractivity contribution is 8.00. The molecule has 0 bridgehead atoms. The lowest BCUT2D eigenvalue weighted by Crippen LogP contribution is -2.71. The van der Waals surface area contributed by atoms with Crippen molar-refractivity contribution in [3.63, 3.8) is 0 Å². The second kappa shape index (κ2) is 12.1. The molecule has 16 nitrogen and oxygen atoms in total. The lowest BCUT2D eigenvalue weighted by Gasteiger charge is -2.50. The largest absolute Gasteiger partial charge is 0.543 e. The summed E-state index contributed by atoms with van der Waals surface area (Å²) in [6.45, 7) is 0.770. The van der Waals surface area contributed by atoms with Crippen LogP contribution in [0.3, 0.4) is 0 Å². The Morgan fingerprint density at radius 1 is 1.41 bits per heavy atom. The molecular weight excluding hydrogens is 595 g/mol. The molecule has 5 N–H and O–H groups in total. The average Bonchev–Trinajstić information content (AvgIpc) is 3.57. The van der Waals surface area contributed by atoms with E-state index in [2.05, 4.69) is 29.9 Å². The molecule has 2 aliphatic rings. The fourth-order valence-corrected chi connectivity index (χ4v) is 6.76. The number of nitrogens with one attached hydrogen (secondary N) is 1. The van der Waals surface area contributed by atoms with Crippen molar-refractivity contribution in [2.75, 3.05) is 30.9 Å².